The lowest BCUT2D eigenvalue weighted by molar-refractivity contribution is -0.113. The van der Waals surface area contributed by atoms with Gasteiger partial charge in [0, 0.05) is 10.6 Å². The van der Waals surface area contributed by atoms with Crippen molar-refractivity contribution >= 4 is 56.8 Å². The van der Waals surface area contributed by atoms with Gasteiger partial charge in [0.1, 0.15) is 4.83 Å². The first-order valence-corrected chi connectivity index (χ1v) is 14.0. The van der Waals surface area contributed by atoms with E-state index in [0.29, 0.717) is 21.1 Å². The summed E-state index contributed by atoms with van der Waals surface area (Å²) >= 11 is 2.55. The minimum Gasteiger partial charge on any atom is -0.462 e. The van der Waals surface area contributed by atoms with Gasteiger partial charge < -0.3 is 14.8 Å². The molecule has 9 nitrogen and oxygen atoms in total. The number of rotatable bonds is 9. The molecule has 0 radical (unpaired) electrons. The highest BCUT2D eigenvalue weighted by Crippen LogP contribution is 2.29. The molecule has 0 atom stereocenters. The van der Waals surface area contributed by atoms with Gasteiger partial charge in [-0.15, -0.1) is 11.3 Å². The Balaban J connectivity index is 1.63. The molecule has 202 valence electrons. The van der Waals surface area contributed by atoms with E-state index in [4.69, 9.17) is 14.5 Å². The fourth-order valence-corrected chi connectivity index (χ4v) is 5.75. The molecule has 0 saturated carbocycles. The minimum atomic E-state index is -0.626. The second kappa shape index (κ2) is 12.3. The van der Waals surface area contributed by atoms with Crippen molar-refractivity contribution in [1.82, 2.24) is 9.55 Å². The molecule has 2 heterocycles. The molecule has 4 rings (SSSR count). The maximum Gasteiger partial charge on any atom is 0.338 e. The number of hydrogen-bond donors (Lipinski definition) is 1. The van der Waals surface area contributed by atoms with Crippen molar-refractivity contribution < 1.29 is 23.9 Å². The molecule has 0 fully saturated rings. The van der Waals surface area contributed by atoms with Crippen molar-refractivity contribution in [2.75, 3.05) is 24.3 Å². The summed E-state index contributed by atoms with van der Waals surface area (Å²) in [5, 5.41) is 3.67. The molecule has 0 aliphatic carbocycles. The van der Waals surface area contributed by atoms with Gasteiger partial charge in [0.15, 0.2) is 5.16 Å². The number of thiophene rings is 1. The zero-order valence-electron chi connectivity index (χ0n) is 21.9. The van der Waals surface area contributed by atoms with Crippen LogP contribution in [0.2, 0.25) is 0 Å². The summed E-state index contributed by atoms with van der Waals surface area (Å²) in [6.45, 7) is 7.51. The van der Waals surface area contributed by atoms with Gasteiger partial charge in [-0.05, 0) is 63.6 Å². The first-order chi connectivity index (χ1) is 18.7. The molecule has 0 aliphatic heterocycles. The van der Waals surface area contributed by atoms with Crippen LogP contribution in [0.3, 0.4) is 0 Å². The monoisotopic (exact) mass is 565 g/mol. The third kappa shape index (κ3) is 6.21. The van der Waals surface area contributed by atoms with Crippen LogP contribution in [0.4, 0.5) is 5.69 Å². The quantitative estimate of drug-likeness (QED) is 0.168. The summed E-state index contributed by atoms with van der Waals surface area (Å²) in [5.41, 5.74) is 1.80. The lowest BCUT2D eigenvalue weighted by Gasteiger charge is -2.13. The number of benzene rings is 2. The number of amides is 1. The van der Waals surface area contributed by atoms with Gasteiger partial charge >= 0.3 is 11.9 Å². The van der Waals surface area contributed by atoms with Gasteiger partial charge in [0.05, 0.1) is 41.2 Å². The van der Waals surface area contributed by atoms with E-state index < -0.39 is 17.8 Å². The van der Waals surface area contributed by atoms with Crippen LogP contribution in [0.1, 0.15) is 45.0 Å². The number of aryl methyl sites for hydroxylation is 2. The second-order valence-corrected chi connectivity index (χ2v) is 10.6. The minimum absolute atomic E-state index is 0.0769. The Bertz CT molecular complexity index is 1580. The highest BCUT2D eigenvalue weighted by Gasteiger charge is 2.20. The number of nitrogens with zero attached hydrogens (tertiary/aromatic N) is 2. The van der Waals surface area contributed by atoms with E-state index in [-0.39, 0.29) is 41.3 Å². The molecular formula is C28H27N3O6S2. The lowest BCUT2D eigenvalue weighted by Crippen LogP contribution is -2.23. The SMILES string of the molecule is CCOC(=O)c1cc(NC(=O)CSc2nc3sc(C)c(C)c3c(=O)n2-c2ccccc2)cc(C(=O)OCC)c1. The predicted molar refractivity (Wildman–Crippen MR) is 152 cm³/mol. The number of thioether (sulfide) groups is 1. The van der Waals surface area contributed by atoms with Crippen LogP contribution in [0.5, 0.6) is 0 Å². The van der Waals surface area contributed by atoms with Crippen LogP contribution in [0.15, 0.2) is 58.5 Å². The molecule has 1 amide bonds. The molecule has 2 aromatic carbocycles. The maximum absolute atomic E-state index is 13.6. The van der Waals surface area contributed by atoms with E-state index in [1.807, 2.05) is 44.2 Å². The molecule has 0 spiro atoms. The molecule has 4 aromatic rings. The molecule has 2 aromatic heterocycles. The van der Waals surface area contributed by atoms with E-state index in [1.165, 1.54) is 34.1 Å². The Morgan fingerprint density at radius 1 is 0.974 bits per heavy atom. The number of hydrogen-bond acceptors (Lipinski definition) is 9. The third-order valence-electron chi connectivity index (χ3n) is 5.76. The molecule has 39 heavy (non-hydrogen) atoms. The highest BCUT2D eigenvalue weighted by molar-refractivity contribution is 7.99. The molecule has 0 saturated heterocycles. The Morgan fingerprint density at radius 3 is 2.18 bits per heavy atom. The number of carbonyl (C=O) groups excluding carboxylic acids is 3. The largest absolute Gasteiger partial charge is 0.462 e. The summed E-state index contributed by atoms with van der Waals surface area (Å²) in [6.07, 6.45) is 0. The summed E-state index contributed by atoms with van der Waals surface area (Å²) < 4.78 is 11.6. The molecule has 1 N–H and O–H groups in total. The van der Waals surface area contributed by atoms with Crippen molar-refractivity contribution in [3.05, 3.63) is 80.5 Å². The van der Waals surface area contributed by atoms with Gasteiger partial charge in [0.2, 0.25) is 5.91 Å². The summed E-state index contributed by atoms with van der Waals surface area (Å²) in [5.74, 6) is -1.74. The molecule has 0 unspecified atom stereocenters. The number of fused-ring (bicyclic) bond motifs is 1. The van der Waals surface area contributed by atoms with Crippen LogP contribution >= 0.6 is 23.1 Å². The number of nitrogens with one attached hydrogen (secondary N) is 1. The number of carbonyl (C=O) groups is 3. The van der Waals surface area contributed by atoms with E-state index in [2.05, 4.69) is 5.32 Å². The average molecular weight is 566 g/mol. The summed E-state index contributed by atoms with van der Waals surface area (Å²) in [6, 6.07) is 13.4. The Hall–Kier alpha value is -3.96. The highest BCUT2D eigenvalue weighted by atomic mass is 32.2. The van der Waals surface area contributed by atoms with E-state index in [1.54, 1.807) is 13.8 Å². The fourth-order valence-electron chi connectivity index (χ4n) is 3.87. The molecule has 0 aliphatic rings. The van der Waals surface area contributed by atoms with Crippen LogP contribution in [-0.2, 0) is 14.3 Å². The van der Waals surface area contributed by atoms with Gasteiger partial charge in [0.25, 0.3) is 5.56 Å². The first kappa shape index (κ1) is 28.1. The third-order valence-corrected chi connectivity index (χ3v) is 7.80. The Labute approximate surface area is 233 Å². The normalized spacial score (nSPS) is 10.9. The summed E-state index contributed by atoms with van der Waals surface area (Å²) in [7, 11) is 0. The number of aromatic nitrogens is 2. The Morgan fingerprint density at radius 2 is 1.59 bits per heavy atom. The zero-order chi connectivity index (χ0) is 28.1. The van der Waals surface area contributed by atoms with Crippen LogP contribution in [0.25, 0.3) is 15.9 Å². The number of para-hydroxylation sites is 1. The van der Waals surface area contributed by atoms with Gasteiger partial charge in [-0.1, -0.05) is 30.0 Å². The van der Waals surface area contributed by atoms with Crippen molar-refractivity contribution in [2.45, 2.75) is 32.9 Å². The zero-order valence-corrected chi connectivity index (χ0v) is 23.5. The van der Waals surface area contributed by atoms with Gasteiger partial charge in [-0.3, -0.25) is 14.2 Å². The van der Waals surface area contributed by atoms with Crippen LogP contribution < -0.4 is 10.9 Å². The standard InChI is InChI=1S/C28H27N3O6S2/c1-5-36-26(34)18-12-19(27(35)37-6-2)14-20(13-18)29-22(32)15-38-28-30-24-23(16(3)17(4)39-24)25(33)31(28)21-10-8-7-9-11-21/h7-14H,5-6,15H2,1-4H3,(H,29,32). The summed E-state index contributed by atoms with van der Waals surface area (Å²) in [4.78, 5) is 57.6. The average Bonchev–Trinajstić information content (AvgIpc) is 3.21. The molecule has 11 heteroatoms. The topological polar surface area (TPSA) is 117 Å². The number of ether oxygens (including phenoxy) is 2. The van der Waals surface area contributed by atoms with Crippen molar-refractivity contribution in [2.24, 2.45) is 0 Å². The molecule has 0 bridgehead atoms. The van der Waals surface area contributed by atoms with E-state index in [0.717, 1.165) is 22.2 Å². The smallest absolute Gasteiger partial charge is 0.338 e. The maximum atomic E-state index is 13.6. The number of anilines is 1. The fraction of sp³-hybridized carbons (Fsp3) is 0.250. The lowest BCUT2D eigenvalue weighted by atomic mass is 10.1. The van der Waals surface area contributed by atoms with Crippen LogP contribution in [0, 0.1) is 13.8 Å². The van der Waals surface area contributed by atoms with Crippen LogP contribution in [-0.4, -0.2) is 46.4 Å². The van der Waals surface area contributed by atoms with E-state index in [9.17, 15) is 19.2 Å². The van der Waals surface area contributed by atoms with Crippen molar-refractivity contribution in [3.63, 3.8) is 0 Å². The first-order valence-electron chi connectivity index (χ1n) is 12.2. The predicted octanol–water partition coefficient (Wildman–Crippen LogP) is 5.15. The number of esters is 2. The van der Waals surface area contributed by atoms with Gasteiger partial charge in [-0.2, -0.15) is 0 Å². The van der Waals surface area contributed by atoms with Gasteiger partial charge in [-0.25, -0.2) is 14.6 Å². The van der Waals surface area contributed by atoms with Crippen molar-refractivity contribution in [3.8, 4) is 5.69 Å². The van der Waals surface area contributed by atoms with Crippen molar-refractivity contribution in [1.29, 1.82) is 0 Å². The second-order valence-electron chi connectivity index (χ2n) is 8.41. The molecular weight excluding hydrogens is 538 g/mol. The van der Waals surface area contributed by atoms with E-state index >= 15 is 0 Å². The Kier molecular flexibility index (Phi) is 8.82.